The maximum atomic E-state index is 16.1. The Balaban J connectivity index is 1.20. The fourth-order valence-corrected chi connectivity index (χ4v) is 8.31. The molecular formula is C21H23FN10O12P2S2. The molecule has 0 bridgehead atoms. The van der Waals surface area contributed by atoms with Crippen molar-refractivity contribution in [1.29, 1.82) is 0 Å². The van der Waals surface area contributed by atoms with Gasteiger partial charge in [0.25, 0.3) is 0 Å². The lowest BCUT2D eigenvalue weighted by Gasteiger charge is -2.29. The Morgan fingerprint density at radius 1 is 0.938 bits per heavy atom. The molecule has 27 heteroatoms. The molecule has 258 valence electrons. The van der Waals surface area contributed by atoms with Crippen molar-refractivity contribution in [2.75, 3.05) is 24.7 Å². The summed E-state index contributed by atoms with van der Waals surface area (Å²) in [5.74, 6) is 0.0589. The third-order valence-corrected chi connectivity index (χ3v) is 10.6. The van der Waals surface area contributed by atoms with Gasteiger partial charge in [0.1, 0.15) is 48.1 Å². The molecule has 0 aromatic carbocycles. The van der Waals surface area contributed by atoms with Gasteiger partial charge in [-0.15, -0.1) is 0 Å². The number of hydrogen-bond acceptors (Lipinski definition) is 19. The van der Waals surface area contributed by atoms with Crippen LogP contribution in [-0.4, -0.2) is 105 Å². The predicted octanol–water partition coefficient (Wildman–Crippen LogP) is 1.03. The topological polar surface area (TPSA) is 288 Å². The summed E-state index contributed by atoms with van der Waals surface area (Å²) in [6, 6.07) is 0. The highest BCUT2D eigenvalue weighted by atomic mass is 32.7. The predicted molar refractivity (Wildman–Crippen MR) is 161 cm³/mol. The van der Waals surface area contributed by atoms with Crippen LogP contribution in [0.2, 0.25) is 0 Å². The van der Waals surface area contributed by atoms with Gasteiger partial charge in [0.15, 0.2) is 47.7 Å². The normalized spacial score (nSPS) is 35.9. The van der Waals surface area contributed by atoms with Crippen molar-refractivity contribution in [2.45, 2.75) is 49.1 Å². The number of carbonyl (C=O) groups is 1. The number of halogens is 1. The van der Waals surface area contributed by atoms with E-state index in [9.17, 15) is 14.3 Å². The van der Waals surface area contributed by atoms with Crippen molar-refractivity contribution in [3.63, 3.8) is 0 Å². The van der Waals surface area contributed by atoms with Gasteiger partial charge >= 0.3 is 19.7 Å². The molecular weight excluding hydrogens is 729 g/mol. The average Bonchev–Trinajstić information content (AvgIpc) is 3.79. The van der Waals surface area contributed by atoms with Gasteiger partial charge in [0.05, 0.1) is 25.9 Å². The van der Waals surface area contributed by atoms with Crippen molar-refractivity contribution in [3.05, 3.63) is 25.3 Å². The number of ether oxygens (including phenoxy) is 2. The first-order chi connectivity index (χ1) is 22.8. The number of anilines is 2. The van der Waals surface area contributed by atoms with Crippen LogP contribution < -0.4 is 11.5 Å². The molecule has 10 atom stereocenters. The van der Waals surface area contributed by atoms with Crippen LogP contribution in [0.1, 0.15) is 12.5 Å². The van der Waals surface area contributed by atoms with Crippen LogP contribution in [0, 0.1) is 0 Å². The lowest BCUT2D eigenvalue weighted by atomic mass is 10.1. The molecule has 22 nitrogen and oxygen atoms in total. The van der Waals surface area contributed by atoms with E-state index in [2.05, 4.69) is 47.0 Å². The number of rotatable bonds is 4. The Morgan fingerprint density at radius 3 is 2.12 bits per heavy atom. The smallest absolute Gasteiger partial charge is 0.448 e. The van der Waals surface area contributed by atoms with Crippen LogP contribution >= 0.6 is 25.8 Å². The molecule has 4 aromatic heterocycles. The van der Waals surface area contributed by atoms with Crippen molar-refractivity contribution in [3.8, 4) is 0 Å². The molecule has 2 unspecified atom stereocenters. The first-order valence-electron chi connectivity index (χ1n) is 13.5. The second kappa shape index (κ2) is 12.6. The fraction of sp³-hybridized carbons (Fsp3) is 0.476. The van der Waals surface area contributed by atoms with E-state index in [0.29, 0.717) is 0 Å². The number of nitrogens with two attached hydrogens (primary N) is 2. The number of alkyl halides is 1. The maximum absolute atomic E-state index is 16.1. The summed E-state index contributed by atoms with van der Waals surface area (Å²) in [4.78, 5) is 56.2. The molecule has 7 heterocycles. The number of fused-ring (bicyclic) bond motifs is 4. The van der Waals surface area contributed by atoms with Crippen LogP contribution in [0.3, 0.4) is 0 Å². The van der Waals surface area contributed by atoms with Gasteiger partial charge in [-0.2, -0.15) is 4.89 Å². The molecule has 0 saturated carbocycles. The summed E-state index contributed by atoms with van der Waals surface area (Å²) in [6.07, 6.45) is -9.42. The number of hydrogen-bond donors (Lipinski definition) is 5. The van der Waals surface area contributed by atoms with Crippen molar-refractivity contribution < 1.29 is 61.1 Å². The van der Waals surface area contributed by atoms with Crippen molar-refractivity contribution in [2.24, 2.45) is 0 Å². The lowest BCUT2D eigenvalue weighted by Crippen LogP contribution is -2.39. The summed E-state index contributed by atoms with van der Waals surface area (Å²) in [5, 5.41) is 9.16. The minimum Gasteiger partial charge on any atom is -0.448 e. The molecule has 0 spiro atoms. The van der Waals surface area contributed by atoms with E-state index in [-0.39, 0.29) is 34.0 Å². The molecule has 48 heavy (non-hydrogen) atoms. The molecule has 4 aromatic rings. The number of carboxylic acid groups (broad SMARTS) is 1. The number of nitrogens with zero attached hydrogens (tertiary/aromatic N) is 8. The maximum Gasteiger partial charge on any atom is 0.537 e. The van der Waals surface area contributed by atoms with Crippen LogP contribution in [0.5, 0.6) is 0 Å². The third-order valence-electron chi connectivity index (χ3n) is 7.42. The van der Waals surface area contributed by atoms with E-state index in [1.54, 1.807) is 0 Å². The summed E-state index contributed by atoms with van der Waals surface area (Å²) in [6.45, 7) is -10.1. The molecule has 3 saturated heterocycles. The van der Waals surface area contributed by atoms with Crippen LogP contribution in [-0.2, 0) is 53.7 Å². The second-order valence-electron chi connectivity index (χ2n) is 10.3. The Morgan fingerprint density at radius 2 is 1.50 bits per heavy atom. The molecule has 3 fully saturated rings. The molecule has 0 amide bonds. The van der Waals surface area contributed by atoms with E-state index < -0.39 is 82.0 Å². The summed E-state index contributed by atoms with van der Waals surface area (Å²) < 4.78 is 66.4. The Kier molecular flexibility index (Phi) is 8.75. The average molecular weight is 753 g/mol. The minimum absolute atomic E-state index is 0.0225. The molecule has 7 rings (SSSR count). The van der Waals surface area contributed by atoms with Crippen LogP contribution in [0.25, 0.3) is 22.3 Å². The molecule has 3 aliphatic heterocycles. The quantitative estimate of drug-likeness (QED) is 0.0842. The van der Waals surface area contributed by atoms with Crippen molar-refractivity contribution >= 4 is 77.7 Å². The number of thiol groups is 1. The fourth-order valence-electron chi connectivity index (χ4n) is 5.39. The SMILES string of the molecule is Nc1ncnc2c1ncn2[C@@H]1O[C@@H]2COP(O)(=S)O[C@H]3[C@@H](OOC(=O)O)[C@H](n4cnc5c(N)ncnc54)O[C@@H]3COP(=O)(S)O[C@H]2[C@H]1F. The number of aromatic nitrogens is 8. The monoisotopic (exact) mass is 752 g/mol. The van der Waals surface area contributed by atoms with Gasteiger partial charge in [-0.05, 0) is 11.8 Å². The van der Waals surface area contributed by atoms with Gasteiger partial charge < -0.3 is 35.5 Å². The number of nitrogen functional groups attached to an aromatic ring is 2. The zero-order valence-electron chi connectivity index (χ0n) is 23.7. The van der Waals surface area contributed by atoms with E-state index in [0.717, 1.165) is 12.7 Å². The van der Waals surface area contributed by atoms with Gasteiger partial charge in [-0.3, -0.25) is 27.6 Å². The first kappa shape index (κ1) is 33.3. The summed E-state index contributed by atoms with van der Waals surface area (Å²) >= 11 is 9.27. The zero-order chi connectivity index (χ0) is 34.0. The van der Waals surface area contributed by atoms with Crippen LogP contribution in [0.15, 0.2) is 25.3 Å². The van der Waals surface area contributed by atoms with Gasteiger partial charge in [-0.1, -0.05) is 12.2 Å². The van der Waals surface area contributed by atoms with Gasteiger partial charge in [0, 0.05) is 0 Å². The molecule has 3 aliphatic rings. The third kappa shape index (κ3) is 6.21. The van der Waals surface area contributed by atoms with E-state index in [4.69, 9.17) is 60.8 Å². The van der Waals surface area contributed by atoms with Crippen LogP contribution in [0.4, 0.5) is 20.8 Å². The molecule has 6 N–H and O–H groups in total. The first-order valence-corrected chi connectivity index (χ1v) is 18.8. The van der Waals surface area contributed by atoms with Gasteiger partial charge in [-0.25, -0.2) is 43.7 Å². The molecule has 0 aliphatic carbocycles. The zero-order valence-corrected chi connectivity index (χ0v) is 27.2. The minimum atomic E-state index is -4.45. The second-order valence-corrected chi connectivity index (χ2v) is 16.0. The Bertz CT molecular complexity index is 1980. The van der Waals surface area contributed by atoms with Crippen molar-refractivity contribution in [1.82, 2.24) is 39.0 Å². The molecule has 0 radical (unpaired) electrons. The standard InChI is InChI=1S/C21H23FN10O12P2S2/c22-9-12-7(39-19(9)31-5-29-10-15(23)25-3-27-17(10)31)1-37-46(36,48)44-13-8(2-38-45(35,47)43-12)40-20(14(13)41-42-21(33)34)32-6-30-11-16(24)26-4-28-18(11)32/h3-9,12-14,19-20H,1-2H2,(H,33,34)(H,35,47)(H,36,48)(H2,23,25,27)(H2,24,26,28)/t7-,8-,9-,12-,13-,14-,19-,20-,45?,46?/m1/s1. The highest BCUT2D eigenvalue weighted by molar-refractivity contribution is 8.44. The van der Waals surface area contributed by atoms with E-state index >= 15 is 4.39 Å². The summed E-state index contributed by atoms with van der Waals surface area (Å²) in [7, 11) is 0. The largest absolute Gasteiger partial charge is 0.537 e. The van der Waals surface area contributed by atoms with Gasteiger partial charge in [0.2, 0.25) is 0 Å². The lowest BCUT2D eigenvalue weighted by molar-refractivity contribution is -0.306. The summed E-state index contributed by atoms with van der Waals surface area (Å²) in [5.41, 5.74) is 12.3. The van der Waals surface area contributed by atoms with E-state index in [1.807, 2.05) is 0 Å². The van der Waals surface area contributed by atoms with E-state index in [1.165, 1.54) is 21.8 Å². The Labute approximate surface area is 276 Å². The highest BCUT2D eigenvalue weighted by Crippen LogP contribution is 2.58. The highest BCUT2D eigenvalue weighted by Gasteiger charge is 2.55. The Hall–Kier alpha value is -3.19. The number of imidazole rings is 2.